The van der Waals surface area contributed by atoms with Crippen molar-refractivity contribution in [2.75, 3.05) is 26.1 Å². The Morgan fingerprint density at radius 2 is 2.31 bits per heavy atom. The van der Waals surface area contributed by atoms with Crippen molar-refractivity contribution in [3.63, 3.8) is 0 Å². The molecule has 6 nitrogen and oxygen atoms in total. The van der Waals surface area contributed by atoms with E-state index in [2.05, 4.69) is 14.7 Å². The maximum atomic E-state index is 11.2. The second-order valence-electron chi connectivity index (χ2n) is 3.02. The Morgan fingerprint density at radius 3 is 2.88 bits per heavy atom. The number of methoxy groups -OCH3 is 1. The lowest BCUT2D eigenvalue weighted by molar-refractivity contribution is 0.0601. The maximum Gasteiger partial charge on any atom is 0.343 e. The molecule has 0 atom stereocenters. The van der Waals surface area contributed by atoms with Gasteiger partial charge in [-0.25, -0.2) is 14.8 Å². The number of nitrogens with two attached hydrogens (primary N) is 1. The average Bonchev–Trinajstić information content (AvgIpc) is 2.29. The molecular weight excluding hydrogens is 210 g/mol. The molecule has 0 saturated carbocycles. The molecule has 0 aliphatic carbocycles. The Kier molecular flexibility index (Phi) is 4.65. The Hall–Kier alpha value is -1.69. The summed E-state index contributed by atoms with van der Waals surface area (Å²) in [6.45, 7) is 3.10. The van der Waals surface area contributed by atoms with Gasteiger partial charge in [-0.05, 0) is 6.92 Å². The van der Waals surface area contributed by atoms with Crippen molar-refractivity contribution < 1.29 is 14.3 Å². The van der Waals surface area contributed by atoms with Gasteiger partial charge in [-0.3, -0.25) is 0 Å². The summed E-state index contributed by atoms with van der Waals surface area (Å²) in [7, 11) is 1.28. The van der Waals surface area contributed by atoms with Crippen LogP contribution in [-0.4, -0.2) is 36.3 Å². The van der Waals surface area contributed by atoms with Gasteiger partial charge in [0.2, 0.25) is 0 Å². The van der Waals surface area contributed by atoms with Gasteiger partial charge in [0, 0.05) is 19.2 Å². The van der Waals surface area contributed by atoms with E-state index >= 15 is 0 Å². The number of hydrogen-bond donors (Lipinski definition) is 1. The van der Waals surface area contributed by atoms with E-state index in [-0.39, 0.29) is 11.4 Å². The zero-order chi connectivity index (χ0) is 12.0. The number of nitrogens with zero attached hydrogens (tertiary/aromatic N) is 2. The van der Waals surface area contributed by atoms with Crippen molar-refractivity contribution in [2.24, 2.45) is 0 Å². The third-order valence-corrected chi connectivity index (χ3v) is 1.95. The summed E-state index contributed by atoms with van der Waals surface area (Å²) in [6, 6.07) is 0. The molecule has 0 radical (unpaired) electrons. The number of hydrogen-bond acceptors (Lipinski definition) is 6. The van der Waals surface area contributed by atoms with Crippen molar-refractivity contribution in [3.05, 3.63) is 17.6 Å². The minimum atomic E-state index is -0.533. The normalized spacial score (nSPS) is 10.1. The van der Waals surface area contributed by atoms with E-state index in [1.807, 2.05) is 6.92 Å². The average molecular weight is 225 g/mol. The summed E-state index contributed by atoms with van der Waals surface area (Å²) in [5.41, 5.74) is 5.79. The molecule has 2 N–H and O–H groups in total. The van der Waals surface area contributed by atoms with Gasteiger partial charge in [0.05, 0.1) is 13.7 Å². The van der Waals surface area contributed by atoms with Crippen molar-refractivity contribution in [1.82, 2.24) is 9.97 Å². The molecule has 1 aromatic rings. The van der Waals surface area contributed by atoms with E-state index in [9.17, 15) is 4.79 Å². The lowest BCUT2D eigenvalue weighted by Crippen LogP contribution is -2.11. The third kappa shape index (κ3) is 3.16. The predicted octanol–water partition coefficient (Wildman–Crippen LogP) is 0.424. The molecule has 0 saturated heterocycles. The molecule has 0 aromatic carbocycles. The first-order chi connectivity index (χ1) is 7.69. The molecule has 1 rings (SSSR count). The molecular formula is C10H15N3O3. The first-order valence-electron chi connectivity index (χ1n) is 4.96. The van der Waals surface area contributed by atoms with Crippen molar-refractivity contribution in [1.29, 1.82) is 0 Å². The van der Waals surface area contributed by atoms with Crippen LogP contribution in [0, 0.1) is 0 Å². The lowest BCUT2D eigenvalue weighted by atomic mass is 10.3. The van der Waals surface area contributed by atoms with Gasteiger partial charge in [-0.1, -0.05) is 0 Å². The Balaban J connectivity index is 2.71. The zero-order valence-corrected chi connectivity index (χ0v) is 9.40. The second kappa shape index (κ2) is 6.02. The quantitative estimate of drug-likeness (QED) is 0.577. The van der Waals surface area contributed by atoms with E-state index in [1.165, 1.54) is 13.3 Å². The van der Waals surface area contributed by atoms with Crippen LogP contribution in [-0.2, 0) is 15.9 Å². The van der Waals surface area contributed by atoms with Gasteiger partial charge < -0.3 is 15.2 Å². The molecule has 0 spiro atoms. The highest BCUT2D eigenvalue weighted by Gasteiger charge is 2.12. The first-order valence-corrected chi connectivity index (χ1v) is 4.96. The summed E-state index contributed by atoms with van der Waals surface area (Å²) in [6.07, 6.45) is 1.94. The van der Waals surface area contributed by atoms with Crippen LogP contribution in [0.15, 0.2) is 6.20 Å². The smallest absolute Gasteiger partial charge is 0.343 e. The van der Waals surface area contributed by atoms with Crippen LogP contribution in [0.1, 0.15) is 23.1 Å². The summed E-state index contributed by atoms with van der Waals surface area (Å²) in [5.74, 6) is 0.154. The number of nitrogen functional groups attached to an aromatic ring is 1. The molecule has 1 aromatic heterocycles. The summed E-state index contributed by atoms with van der Waals surface area (Å²) in [4.78, 5) is 19.2. The van der Waals surface area contributed by atoms with Gasteiger partial charge in [0.15, 0.2) is 0 Å². The molecule has 88 valence electrons. The van der Waals surface area contributed by atoms with Gasteiger partial charge in [-0.15, -0.1) is 0 Å². The van der Waals surface area contributed by atoms with Crippen LogP contribution < -0.4 is 5.73 Å². The van der Waals surface area contributed by atoms with Crippen molar-refractivity contribution in [3.8, 4) is 0 Å². The molecule has 0 aliphatic rings. The van der Waals surface area contributed by atoms with E-state index in [1.54, 1.807) is 0 Å². The van der Waals surface area contributed by atoms with Gasteiger partial charge >= 0.3 is 5.97 Å². The number of aromatic nitrogens is 2. The second-order valence-corrected chi connectivity index (χ2v) is 3.02. The molecule has 16 heavy (non-hydrogen) atoms. The highest BCUT2D eigenvalue weighted by atomic mass is 16.5. The SMILES string of the molecule is CCOCCc1ncc(C(=O)OC)c(N)n1. The van der Waals surface area contributed by atoms with Gasteiger partial charge in [-0.2, -0.15) is 0 Å². The van der Waals surface area contributed by atoms with E-state index in [0.717, 1.165) is 0 Å². The van der Waals surface area contributed by atoms with Gasteiger partial charge in [0.25, 0.3) is 0 Å². The number of rotatable bonds is 5. The fraction of sp³-hybridized carbons (Fsp3) is 0.500. The van der Waals surface area contributed by atoms with Crippen LogP contribution >= 0.6 is 0 Å². The lowest BCUT2D eigenvalue weighted by Gasteiger charge is -2.05. The molecule has 0 amide bonds. The summed E-state index contributed by atoms with van der Waals surface area (Å²) >= 11 is 0. The van der Waals surface area contributed by atoms with Gasteiger partial charge in [0.1, 0.15) is 17.2 Å². The number of carbonyl (C=O) groups excluding carboxylic acids is 1. The Labute approximate surface area is 93.8 Å². The van der Waals surface area contributed by atoms with E-state index < -0.39 is 5.97 Å². The third-order valence-electron chi connectivity index (χ3n) is 1.95. The Morgan fingerprint density at radius 1 is 1.56 bits per heavy atom. The minimum absolute atomic E-state index is 0.133. The largest absolute Gasteiger partial charge is 0.465 e. The molecule has 0 fully saturated rings. The van der Waals surface area contributed by atoms with E-state index in [0.29, 0.717) is 25.5 Å². The van der Waals surface area contributed by atoms with Crippen LogP contribution in [0.4, 0.5) is 5.82 Å². The minimum Gasteiger partial charge on any atom is -0.465 e. The standard InChI is InChI=1S/C10H15N3O3/c1-3-16-5-4-8-12-6-7(9(11)13-8)10(14)15-2/h6H,3-5H2,1-2H3,(H2,11,12,13). The monoisotopic (exact) mass is 225 g/mol. The Bertz CT molecular complexity index is 368. The molecule has 0 aliphatic heterocycles. The number of esters is 1. The van der Waals surface area contributed by atoms with Crippen LogP contribution in [0.25, 0.3) is 0 Å². The van der Waals surface area contributed by atoms with Crippen LogP contribution in [0.2, 0.25) is 0 Å². The number of ether oxygens (including phenoxy) is 2. The number of carbonyl (C=O) groups is 1. The first kappa shape index (κ1) is 12.4. The fourth-order valence-corrected chi connectivity index (χ4v) is 1.13. The van der Waals surface area contributed by atoms with E-state index in [4.69, 9.17) is 10.5 Å². The zero-order valence-electron chi connectivity index (χ0n) is 9.40. The number of anilines is 1. The van der Waals surface area contributed by atoms with Crippen molar-refractivity contribution >= 4 is 11.8 Å². The maximum absolute atomic E-state index is 11.2. The fourth-order valence-electron chi connectivity index (χ4n) is 1.13. The topological polar surface area (TPSA) is 87.3 Å². The highest BCUT2D eigenvalue weighted by molar-refractivity contribution is 5.93. The molecule has 0 unspecified atom stereocenters. The molecule has 1 heterocycles. The van der Waals surface area contributed by atoms with Crippen molar-refractivity contribution in [2.45, 2.75) is 13.3 Å². The summed E-state index contributed by atoms with van der Waals surface area (Å²) < 4.78 is 9.70. The van der Waals surface area contributed by atoms with Crippen LogP contribution in [0.3, 0.4) is 0 Å². The molecule has 0 bridgehead atoms. The molecule has 6 heteroatoms. The van der Waals surface area contributed by atoms with Crippen LogP contribution in [0.5, 0.6) is 0 Å². The summed E-state index contributed by atoms with van der Waals surface area (Å²) in [5, 5.41) is 0. The predicted molar refractivity (Wildman–Crippen MR) is 58.0 cm³/mol. The highest BCUT2D eigenvalue weighted by Crippen LogP contribution is 2.08.